The molecule has 2 N–H and O–H groups in total. The zero-order valence-electron chi connectivity index (χ0n) is 13.0. The topological polar surface area (TPSA) is 41.1 Å². The SMILES string of the molecule is CC1(CNC(=O)Nc2ccc(C(F)(F)F)cc2)CC2CCC1C2. The van der Waals surface area contributed by atoms with Gasteiger partial charge >= 0.3 is 12.2 Å². The predicted octanol–water partition coefficient (Wildman–Crippen LogP) is 4.65. The van der Waals surface area contributed by atoms with E-state index in [-0.39, 0.29) is 11.4 Å². The van der Waals surface area contributed by atoms with Crippen LogP contribution in [0.2, 0.25) is 0 Å². The van der Waals surface area contributed by atoms with Crippen molar-refractivity contribution < 1.29 is 18.0 Å². The molecule has 2 amide bonds. The van der Waals surface area contributed by atoms with Gasteiger partial charge in [-0.15, -0.1) is 0 Å². The Morgan fingerprint density at radius 2 is 1.96 bits per heavy atom. The molecule has 3 atom stereocenters. The van der Waals surface area contributed by atoms with Crippen molar-refractivity contribution in [1.29, 1.82) is 0 Å². The summed E-state index contributed by atoms with van der Waals surface area (Å²) in [5, 5.41) is 5.46. The number of carbonyl (C=O) groups excluding carboxylic acids is 1. The molecule has 2 fully saturated rings. The van der Waals surface area contributed by atoms with E-state index in [2.05, 4.69) is 17.6 Å². The largest absolute Gasteiger partial charge is 0.416 e. The minimum atomic E-state index is -4.36. The number of urea groups is 1. The molecule has 2 bridgehead atoms. The fourth-order valence-electron chi connectivity index (χ4n) is 4.14. The maximum atomic E-state index is 12.5. The molecule has 0 aromatic heterocycles. The summed E-state index contributed by atoms with van der Waals surface area (Å²) in [5.41, 5.74) is -0.216. The van der Waals surface area contributed by atoms with Gasteiger partial charge in [0.2, 0.25) is 0 Å². The van der Waals surface area contributed by atoms with Crippen LogP contribution in [-0.4, -0.2) is 12.6 Å². The summed E-state index contributed by atoms with van der Waals surface area (Å²) in [7, 11) is 0. The number of anilines is 1. The number of hydrogen-bond acceptors (Lipinski definition) is 1. The van der Waals surface area contributed by atoms with Gasteiger partial charge in [0.05, 0.1) is 5.56 Å². The molecule has 3 unspecified atom stereocenters. The van der Waals surface area contributed by atoms with Crippen LogP contribution in [0.1, 0.15) is 38.2 Å². The molecule has 6 heteroatoms. The van der Waals surface area contributed by atoms with Crippen LogP contribution in [0.3, 0.4) is 0 Å². The normalized spacial score (nSPS) is 29.6. The summed E-state index contributed by atoms with van der Waals surface area (Å²) in [4.78, 5) is 12.0. The summed E-state index contributed by atoms with van der Waals surface area (Å²) < 4.78 is 37.5. The van der Waals surface area contributed by atoms with E-state index in [0.29, 0.717) is 18.2 Å². The first-order chi connectivity index (χ1) is 10.8. The molecule has 3 nitrogen and oxygen atoms in total. The van der Waals surface area contributed by atoms with E-state index in [1.807, 2.05) is 0 Å². The Balaban J connectivity index is 1.52. The van der Waals surface area contributed by atoms with Crippen LogP contribution >= 0.6 is 0 Å². The van der Waals surface area contributed by atoms with E-state index in [0.717, 1.165) is 24.5 Å². The van der Waals surface area contributed by atoms with Crippen LogP contribution in [0.15, 0.2) is 24.3 Å². The first kappa shape index (κ1) is 16.1. The van der Waals surface area contributed by atoms with Gasteiger partial charge in [-0.3, -0.25) is 0 Å². The smallest absolute Gasteiger partial charge is 0.337 e. The molecule has 0 spiro atoms. The van der Waals surface area contributed by atoms with Crippen LogP contribution in [0.4, 0.5) is 23.7 Å². The number of carbonyl (C=O) groups is 1. The van der Waals surface area contributed by atoms with Crippen molar-refractivity contribution in [3.8, 4) is 0 Å². The van der Waals surface area contributed by atoms with Crippen molar-refractivity contribution in [2.75, 3.05) is 11.9 Å². The maximum Gasteiger partial charge on any atom is 0.416 e. The minimum Gasteiger partial charge on any atom is -0.337 e. The highest BCUT2D eigenvalue weighted by molar-refractivity contribution is 5.89. The van der Waals surface area contributed by atoms with Crippen molar-refractivity contribution in [1.82, 2.24) is 5.32 Å². The number of halogens is 3. The van der Waals surface area contributed by atoms with Crippen molar-refractivity contribution in [2.45, 2.75) is 38.8 Å². The van der Waals surface area contributed by atoms with Gasteiger partial charge in [-0.25, -0.2) is 4.79 Å². The van der Waals surface area contributed by atoms with Gasteiger partial charge in [-0.1, -0.05) is 13.3 Å². The van der Waals surface area contributed by atoms with Gasteiger partial charge < -0.3 is 10.6 Å². The lowest BCUT2D eigenvalue weighted by Crippen LogP contribution is -2.40. The summed E-state index contributed by atoms with van der Waals surface area (Å²) in [6, 6.07) is 4.09. The van der Waals surface area contributed by atoms with Gasteiger partial charge in [0.25, 0.3) is 0 Å². The van der Waals surface area contributed by atoms with Gasteiger partial charge in [0.15, 0.2) is 0 Å². The molecular weight excluding hydrogens is 305 g/mol. The second-order valence-corrected chi connectivity index (χ2v) is 7.12. The highest BCUT2D eigenvalue weighted by Gasteiger charge is 2.47. The Kier molecular flexibility index (Phi) is 4.02. The number of benzene rings is 1. The first-order valence-electron chi connectivity index (χ1n) is 7.98. The lowest BCUT2D eigenvalue weighted by molar-refractivity contribution is -0.137. The first-order valence-corrected chi connectivity index (χ1v) is 7.98. The fourth-order valence-corrected chi connectivity index (χ4v) is 4.14. The molecule has 0 aliphatic heterocycles. The summed E-state index contributed by atoms with van der Waals surface area (Å²) in [5.74, 6) is 1.48. The zero-order chi connectivity index (χ0) is 16.7. The molecule has 23 heavy (non-hydrogen) atoms. The van der Waals surface area contributed by atoms with Crippen molar-refractivity contribution in [3.05, 3.63) is 29.8 Å². The van der Waals surface area contributed by atoms with E-state index in [1.54, 1.807) is 0 Å². The average molecular weight is 326 g/mol. The molecule has 1 aromatic carbocycles. The summed E-state index contributed by atoms with van der Waals surface area (Å²) >= 11 is 0. The van der Waals surface area contributed by atoms with Gasteiger partial charge in [-0.2, -0.15) is 13.2 Å². The third kappa shape index (κ3) is 3.46. The van der Waals surface area contributed by atoms with E-state index >= 15 is 0 Å². The Morgan fingerprint density at radius 1 is 1.26 bits per heavy atom. The Bertz CT molecular complexity index is 584. The molecule has 0 saturated heterocycles. The van der Waals surface area contributed by atoms with E-state index in [1.165, 1.54) is 31.4 Å². The summed E-state index contributed by atoms with van der Waals surface area (Å²) in [6.07, 6.45) is 0.593. The fraction of sp³-hybridized carbons (Fsp3) is 0.588. The van der Waals surface area contributed by atoms with Crippen LogP contribution < -0.4 is 10.6 Å². The number of alkyl halides is 3. The average Bonchev–Trinajstić information content (AvgIpc) is 3.05. The third-order valence-corrected chi connectivity index (χ3v) is 5.40. The molecule has 2 aliphatic carbocycles. The lowest BCUT2D eigenvalue weighted by Gasteiger charge is -2.34. The van der Waals surface area contributed by atoms with Crippen molar-refractivity contribution >= 4 is 11.7 Å². The van der Waals surface area contributed by atoms with Gasteiger partial charge in [-0.05, 0) is 60.8 Å². The molecule has 2 saturated carbocycles. The van der Waals surface area contributed by atoms with Crippen LogP contribution in [0, 0.1) is 17.3 Å². The van der Waals surface area contributed by atoms with Gasteiger partial charge in [0, 0.05) is 12.2 Å². The van der Waals surface area contributed by atoms with E-state index in [4.69, 9.17) is 0 Å². The quantitative estimate of drug-likeness (QED) is 0.834. The lowest BCUT2D eigenvalue weighted by atomic mass is 9.75. The number of fused-ring (bicyclic) bond motifs is 2. The number of hydrogen-bond donors (Lipinski definition) is 2. The Hall–Kier alpha value is -1.72. The monoisotopic (exact) mass is 326 g/mol. The molecular formula is C17H21F3N2O. The van der Waals surface area contributed by atoms with Crippen molar-refractivity contribution in [3.63, 3.8) is 0 Å². The zero-order valence-corrected chi connectivity index (χ0v) is 13.0. The second kappa shape index (κ2) is 5.73. The number of rotatable bonds is 3. The molecule has 126 valence electrons. The third-order valence-electron chi connectivity index (χ3n) is 5.40. The Labute approximate surface area is 133 Å². The second-order valence-electron chi connectivity index (χ2n) is 7.12. The van der Waals surface area contributed by atoms with Crippen LogP contribution in [0.5, 0.6) is 0 Å². The van der Waals surface area contributed by atoms with Crippen LogP contribution in [0.25, 0.3) is 0 Å². The predicted molar refractivity (Wildman–Crippen MR) is 82.0 cm³/mol. The minimum absolute atomic E-state index is 0.153. The molecule has 1 aromatic rings. The van der Waals surface area contributed by atoms with Crippen LogP contribution in [-0.2, 0) is 6.18 Å². The molecule has 0 heterocycles. The molecule has 2 aliphatic rings. The van der Waals surface area contributed by atoms with E-state index < -0.39 is 11.7 Å². The number of nitrogens with one attached hydrogen (secondary N) is 2. The van der Waals surface area contributed by atoms with Crippen molar-refractivity contribution in [2.24, 2.45) is 17.3 Å². The number of amides is 2. The molecule has 3 rings (SSSR count). The molecule has 0 radical (unpaired) electrons. The standard InChI is InChI=1S/C17H21F3N2O/c1-16(9-11-2-3-13(16)8-11)10-21-15(23)22-14-6-4-12(5-7-14)17(18,19)20/h4-7,11,13H,2-3,8-10H2,1H3,(H2,21,22,23). The van der Waals surface area contributed by atoms with E-state index in [9.17, 15) is 18.0 Å². The summed E-state index contributed by atoms with van der Waals surface area (Å²) in [6.45, 7) is 2.83. The Morgan fingerprint density at radius 3 is 2.48 bits per heavy atom. The highest BCUT2D eigenvalue weighted by Crippen LogP contribution is 2.55. The maximum absolute atomic E-state index is 12.5. The van der Waals surface area contributed by atoms with Gasteiger partial charge in [0.1, 0.15) is 0 Å². The highest BCUT2D eigenvalue weighted by atomic mass is 19.4.